The predicted octanol–water partition coefficient (Wildman–Crippen LogP) is 2.65. The van der Waals surface area contributed by atoms with E-state index in [-0.39, 0.29) is 0 Å². The SMILES string of the molecule is CC12C3C4CC5C6C4N1N6C(C)(C53)C21CCCCC1. The Kier molecular flexibility index (Phi) is 1.15. The summed E-state index contributed by atoms with van der Waals surface area (Å²) in [6.07, 6.45) is 9.20. The van der Waals surface area contributed by atoms with Gasteiger partial charge >= 0.3 is 0 Å². The molecule has 4 bridgehead atoms. The Morgan fingerprint density at radius 3 is 1.84 bits per heavy atom. The average Bonchev–Trinajstić information content (AvgIpc) is 2.97. The van der Waals surface area contributed by atoms with E-state index in [9.17, 15) is 0 Å². The highest BCUT2D eigenvalue weighted by molar-refractivity contribution is 5.48. The number of hydrogen-bond donors (Lipinski definition) is 0. The summed E-state index contributed by atoms with van der Waals surface area (Å²) < 4.78 is 0. The van der Waals surface area contributed by atoms with Crippen molar-refractivity contribution in [3.05, 3.63) is 0 Å². The van der Waals surface area contributed by atoms with Gasteiger partial charge in [0.1, 0.15) is 0 Å². The molecule has 1 spiro atoms. The van der Waals surface area contributed by atoms with Gasteiger partial charge in [0.15, 0.2) is 0 Å². The van der Waals surface area contributed by atoms with Gasteiger partial charge in [-0.05, 0) is 56.8 Å². The molecule has 8 rings (SSSR count). The Morgan fingerprint density at radius 1 is 0.789 bits per heavy atom. The lowest BCUT2D eigenvalue weighted by atomic mass is 9.57. The molecule has 102 valence electrons. The third kappa shape index (κ3) is 0.538. The molecule has 8 atom stereocenters. The van der Waals surface area contributed by atoms with Gasteiger partial charge in [-0.1, -0.05) is 19.3 Å². The molecule has 0 N–H and O–H groups in total. The molecule has 4 aliphatic heterocycles. The van der Waals surface area contributed by atoms with Gasteiger partial charge in [0, 0.05) is 28.6 Å². The first-order valence-corrected chi connectivity index (χ1v) is 8.76. The van der Waals surface area contributed by atoms with Crippen molar-refractivity contribution < 1.29 is 0 Å². The van der Waals surface area contributed by atoms with Gasteiger partial charge in [0.25, 0.3) is 0 Å². The van der Waals surface area contributed by atoms with E-state index in [4.69, 9.17) is 0 Å². The molecule has 2 nitrogen and oxygen atoms in total. The maximum Gasteiger partial charge on any atom is 0.0457 e. The summed E-state index contributed by atoms with van der Waals surface area (Å²) in [6, 6.07) is 2.00. The normalized spacial score (nSPS) is 72.9. The molecule has 0 amide bonds. The van der Waals surface area contributed by atoms with Gasteiger partial charge in [-0.25, -0.2) is 10.0 Å². The summed E-state index contributed by atoms with van der Waals surface area (Å²) in [7, 11) is 0. The second-order valence-corrected chi connectivity index (χ2v) is 9.22. The van der Waals surface area contributed by atoms with Crippen LogP contribution < -0.4 is 0 Å². The molecule has 8 fully saturated rings. The molecule has 8 unspecified atom stereocenters. The second-order valence-electron chi connectivity index (χ2n) is 9.22. The maximum atomic E-state index is 2.97. The van der Waals surface area contributed by atoms with Crippen LogP contribution in [0.3, 0.4) is 0 Å². The summed E-state index contributed by atoms with van der Waals surface area (Å²) in [5.41, 5.74) is 1.82. The average molecular weight is 256 g/mol. The summed E-state index contributed by atoms with van der Waals surface area (Å²) in [4.78, 5) is 0. The van der Waals surface area contributed by atoms with Gasteiger partial charge in [-0.2, -0.15) is 0 Å². The van der Waals surface area contributed by atoms with Crippen molar-refractivity contribution in [2.24, 2.45) is 29.1 Å². The molecule has 4 saturated carbocycles. The minimum absolute atomic E-state index is 0.573. The molecule has 4 aliphatic carbocycles. The number of hydrogen-bond acceptors (Lipinski definition) is 2. The van der Waals surface area contributed by atoms with Crippen LogP contribution in [0.1, 0.15) is 52.4 Å². The third-order valence-corrected chi connectivity index (χ3v) is 9.77. The minimum atomic E-state index is 0.573. The molecule has 19 heavy (non-hydrogen) atoms. The Balaban J connectivity index is 1.59. The first-order chi connectivity index (χ1) is 9.18. The zero-order chi connectivity index (χ0) is 12.4. The summed E-state index contributed by atoms with van der Waals surface area (Å²) in [5.74, 6) is 4.37. The van der Waals surface area contributed by atoms with Crippen LogP contribution in [-0.2, 0) is 0 Å². The van der Waals surface area contributed by atoms with E-state index in [1.807, 2.05) is 0 Å². The van der Waals surface area contributed by atoms with Crippen molar-refractivity contribution >= 4 is 0 Å². The van der Waals surface area contributed by atoms with Crippen LogP contribution in [-0.4, -0.2) is 33.2 Å². The Bertz CT molecular complexity index is 493. The van der Waals surface area contributed by atoms with Crippen LogP contribution in [0.15, 0.2) is 0 Å². The second kappa shape index (κ2) is 2.23. The van der Waals surface area contributed by atoms with E-state index in [1.54, 1.807) is 19.3 Å². The molecule has 4 saturated heterocycles. The molecule has 0 radical (unpaired) electrons. The van der Waals surface area contributed by atoms with Gasteiger partial charge in [0.05, 0.1) is 0 Å². The van der Waals surface area contributed by atoms with Crippen LogP contribution in [0.25, 0.3) is 0 Å². The summed E-state index contributed by atoms with van der Waals surface area (Å²) in [6.45, 7) is 5.41. The van der Waals surface area contributed by atoms with Gasteiger partial charge < -0.3 is 0 Å². The largest absolute Gasteiger partial charge is 0.229 e. The lowest BCUT2D eigenvalue weighted by Crippen LogP contribution is -2.70. The molecule has 0 aromatic heterocycles. The highest BCUT2D eigenvalue weighted by Crippen LogP contribution is 2.90. The monoisotopic (exact) mass is 256 g/mol. The Hall–Kier alpha value is -0.0800. The zero-order valence-electron chi connectivity index (χ0n) is 12.1. The zero-order valence-corrected chi connectivity index (χ0v) is 12.1. The first-order valence-electron chi connectivity index (χ1n) is 8.76. The van der Waals surface area contributed by atoms with Crippen molar-refractivity contribution in [1.29, 1.82) is 0 Å². The van der Waals surface area contributed by atoms with Gasteiger partial charge in [0.2, 0.25) is 0 Å². The predicted molar refractivity (Wildman–Crippen MR) is 72.2 cm³/mol. The van der Waals surface area contributed by atoms with E-state index in [0.717, 1.165) is 35.8 Å². The molecular formula is C17H24N2. The van der Waals surface area contributed by atoms with Crippen molar-refractivity contribution in [2.75, 3.05) is 0 Å². The maximum absolute atomic E-state index is 2.97. The lowest BCUT2D eigenvalue weighted by Gasteiger charge is -2.55. The van der Waals surface area contributed by atoms with E-state index >= 15 is 0 Å². The van der Waals surface area contributed by atoms with Crippen LogP contribution in [0.2, 0.25) is 0 Å². The fraction of sp³-hybridized carbons (Fsp3) is 1.00. The van der Waals surface area contributed by atoms with Crippen molar-refractivity contribution in [2.45, 2.75) is 75.5 Å². The summed E-state index contributed by atoms with van der Waals surface area (Å²) >= 11 is 0. The van der Waals surface area contributed by atoms with Crippen molar-refractivity contribution in [1.82, 2.24) is 10.0 Å². The first kappa shape index (κ1) is 9.78. The van der Waals surface area contributed by atoms with Gasteiger partial charge in [-0.3, -0.25) is 0 Å². The molecule has 8 aliphatic rings. The lowest BCUT2D eigenvalue weighted by molar-refractivity contribution is -0.213. The quantitative estimate of drug-likeness (QED) is 0.657. The molecular weight excluding hydrogens is 232 g/mol. The Morgan fingerprint density at radius 2 is 1.32 bits per heavy atom. The molecule has 2 heteroatoms. The van der Waals surface area contributed by atoms with E-state index in [2.05, 4.69) is 23.9 Å². The van der Waals surface area contributed by atoms with E-state index < -0.39 is 0 Å². The van der Waals surface area contributed by atoms with E-state index in [0.29, 0.717) is 16.5 Å². The van der Waals surface area contributed by atoms with Crippen LogP contribution in [0.4, 0.5) is 0 Å². The smallest absolute Gasteiger partial charge is 0.0457 e. The van der Waals surface area contributed by atoms with Crippen LogP contribution in [0, 0.1) is 29.1 Å². The number of hydrazine groups is 1. The highest BCUT2D eigenvalue weighted by Gasteiger charge is 2.98. The van der Waals surface area contributed by atoms with Crippen LogP contribution in [0.5, 0.6) is 0 Å². The standard InChI is InChI=1S/C17H24N2/c1-15-11-9-8-10-12(11)16(2,17(15)6-4-3-5-7-17)19-14(10)13(9)18(15)19/h9-14H,3-8H2,1-2H3. The fourth-order valence-corrected chi connectivity index (χ4v) is 9.88. The topological polar surface area (TPSA) is 6.48 Å². The Labute approximate surface area is 115 Å². The minimum Gasteiger partial charge on any atom is -0.229 e. The molecule has 4 heterocycles. The summed E-state index contributed by atoms with van der Waals surface area (Å²) in [5, 5.41) is 5.95. The number of nitrogens with zero attached hydrogens (tertiary/aromatic N) is 2. The van der Waals surface area contributed by atoms with Gasteiger partial charge in [-0.15, -0.1) is 0 Å². The highest BCUT2D eigenvalue weighted by atomic mass is 15.8. The third-order valence-electron chi connectivity index (χ3n) is 9.77. The number of rotatable bonds is 0. The van der Waals surface area contributed by atoms with Crippen LogP contribution >= 0.6 is 0 Å². The molecule has 0 aromatic carbocycles. The van der Waals surface area contributed by atoms with Crippen molar-refractivity contribution in [3.63, 3.8) is 0 Å². The van der Waals surface area contributed by atoms with Crippen molar-refractivity contribution in [3.8, 4) is 0 Å². The van der Waals surface area contributed by atoms with E-state index in [1.165, 1.54) is 19.3 Å². The fourth-order valence-electron chi connectivity index (χ4n) is 9.88. The molecule has 0 aromatic rings.